The van der Waals surface area contributed by atoms with Crippen LogP contribution in [-0.4, -0.2) is 23.2 Å². The molecule has 3 rings (SSSR count). The van der Waals surface area contributed by atoms with Crippen LogP contribution < -0.4 is 10.2 Å². The van der Waals surface area contributed by atoms with Gasteiger partial charge in [0.1, 0.15) is 5.75 Å². The van der Waals surface area contributed by atoms with Gasteiger partial charge in [-0.3, -0.25) is 4.79 Å². The van der Waals surface area contributed by atoms with Crippen molar-refractivity contribution < 1.29 is 19.4 Å². The maximum atomic E-state index is 12.2. The zero-order valence-electron chi connectivity index (χ0n) is 15.8. The van der Waals surface area contributed by atoms with Crippen LogP contribution >= 0.6 is 0 Å². The summed E-state index contributed by atoms with van der Waals surface area (Å²) >= 11 is 0. The number of esters is 1. The van der Waals surface area contributed by atoms with E-state index in [2.05, 4.69) is 10.5 Å². The lowest BCUT2D eigenvalue weighted by Crippen LogP contribution is -2.25. The van der Waals surface area contributed by atoms with Gasteiger partial charge in [0.25, 0.3) is 5.91 Å². The quantitative estimate of drug-likeness (QED) is 0.293. The Morgan fingerprint density at radius 3 is 2.41 bits per heavy atom. The number of aliphatic hydroxyl groups excluding tert-OH is 1. The second-order valence-corrected chi connectivity index (χ2v) is 6.38. The van der Waals surface area contributed by atoms with Gasteiger partial charge in [0.2, 0.25) is 0 Å². The largest absolute Gasteiger partial charge is 0.423 e. The van der Waals surface area contributed by atoms with Gasteiger partial charge in [0, 0.05) is 0 Å². The minimum atomic E-state index is -1.29. The molecule has 1 unspecified atom stereocenters. The highest BCUT2D eigenvalue weighted by Crippen LogP contribution is 2.15. The first kappa shape index (κ1) is 20.0. The van der Waals surface area contributed by atoms with E-state index in [9.17, 15) is 14.7 Å². The third-order valence-corrected chi connectivity index (χ3v) is 4.10. The molecule has 0 radical (unpaired) electrons. The Kier molecular flexibility index (Phi) is 6.50. The van der Waals surface area contributed by atoms with Gasteiger partial charge < -0.3 is 9.84 Å². The van der Waals surface area contributed by atoms with Crippen LogP contribution in [0.3, 0.4) is 0 Å². The van der Waals surface area contributed by atoms with Gasteiger partial charge in [-0.25, -0.2) is 10.2 Å². The molecular weight excluding hydrogens is 368 g/mol. The van der Waals surface area contributed by atoms with Crippen molar-refractivity contribution in [1.29, 1.82) is 0 Å². The number of aryl methyl sites for hydroxylation is 1. The molecule has 29 heavy (non-hydrogen) atoms. The maximum Gasteiger partial charge on any atom is 0.343 e. The van der Waals surface area contributed by atoms with Crippen molar-refractivity contribution >= 4 is 18.1 Å². The van der Waals surface area contributed by atoms with Crippen LogP contribution in [0.5, 0.6) is 5.75 Å². The lowest BCUT2D eigenvalue weighted by atomic mass is 10.1. The molecule has 1 atom stereocenters. The van der Waals surface area contributed by atoms with Crippen molar-refractivity contribution in [3.63, 3.8) is 0 Å². The third kappa shape index (κ3) is 5.60. The molecule has 0 saturated heterocycles. The Morgan fingerprint density at radius 2 is 1.72 bits per heavy atom. The molecule has 0 aliphatic carbocycles. The van der Waals surface area contributed by atoms with Crippen molar-refractivity contribution in [2.45, 2.75) is 13.0 Å². The van der Waals surface area contributed by atoms with E-state index in [1.54, 1.807) is 72.8 Å². The number of nitrogens with zero attached hydrogens (tertiary/aromatic N) is 1. The number of carbonyl (C=O) groups is 2. The standard InChI is InChI=1S/C23H20N2O4/c1-16-6-5-9-19(14-16)23(28)29-20-12-10-17(11-13-20)15-24-25-22(27)21(26)18-7-3-2-4-8-18/h2-15,21,26H,1H3,(H,25,27)/b24-15+. The number of nitrogens with one attached hydrogen (secondary N) is 1. The zero-order valence-corrected chi connectivity index (χ0v) is 15.8. The molecule has 0 aliphatic heterocycles. The van der Waals surface area contributed by atoms with Gasteiger partial charge in [-0.05, 0) is 54.4 Å². The van der Waals surface area contributed by atoms with Crippen LogP contribution in [0.25, 0.3) is 0 Å². The summed E-state index contributed by atoms with van der Waals surface area (Å²) in [4.78, 5) is 24.1. The van der Waals surface area contributed by atoms with E-state index in [1.807, 2.05) is 13.0 Å². The summed E-state index contributed by atoms with van der Waals surface area (Å²) in [7, 11) is 0. The Balaban J connectivity index is 1.55. The second kappa shape index (κ2) is 9.43. The summed E-state index contributed by atoms with van der Waals surface area (Å²) in [6, 6.07) is 22.4. The lowest BCUT2D eigenvalue weighted by molar-refractivity contribution is -0.129. The van der Waals surface area contributed by atoms with E-state index in [0.29, 0.717) is 22.4 Å². The molecule has 0 aromatic heterocycles. The number of carbonyl (C=O) groups excluding carboxylic acids is 2. The van der Waals surface area contributed by atoms with E-state index in [0.717, 1.165) is 5.56 Å². The summed E-state index contributed by atoms with van der Waals surface area (Å²) in [5.74, 6) is -0.661. The molecule has 2 N–H and O–H groups in total. The van der Waals surface area contributed by atoms with Crippen LogP contribution in [-0.2, 0) is 4.79 Å². The number of rotatable bonds is 6. The Labute approximate surface area is 168 Å². The molecule has 0 heterocycles. The molecule has 0 saturated carbocycles. The molecule has 1 amide bonds. The average Bonchev–Trinajstić information content (AvgIpc) is 2.75. The van der Waals surface area contributed by atoms with E-state index >= 15 is 0 Å². The lowest BCUT2D eigenvalue weighted by Gasteiger charge is -2.08. The van der Waals surface area contributed by atoms with E-state index in [1.165, 1.54) is 6.21 Å². The Bertz CT molecular complexity index is 1010. The van der Waals surface area contributed by atoms with Gasteiger partial charge in [-0.2, -0.15) is 5.10 Å². The highest BCUT2D eigenvalue weighted by atomic mass is 16.5. The molecule has 3 aromatic rings. The smallest absolute Gasteiger partial charge is 0.343 e. The second-order valence-electron chi connectivity index (χ2n) is 6.38. The normalized spacial score (nSPS) is 11.8. The van der Waals surface area contributed by atoms with Crippen molar-refractivity contribution in [3.8, 4) is 5.75 Å². The number of amides is 1. The summed E-state index contributed by atoms with van der Waals surface area (Å²) in [5, 5.41) is 13.8. The van der Waals surface area contributed by atoms with Crippen molar-refractivity contribution in [2.75, 3.05) is 0 Å². The highest BCUT2D eigenvalue weighted by molar-refractivity contribution is 5.91. The number of hydrogen-bond donors (Lipinski definition) is 2. The van der Waals surface area contributed by atoms with Crippen LogP contribution in [0.2, 0.25) is 0 Å². The van der Waals surface area contributed by atoms with E-state index < -0.39 is 18.0 Å². The fourth-order valence-electron chi connectivity index (χ4n) is 2.58. The van der Waals surface area contributed by atoms with Crippen molar-refractivity contribution in [2.24, 2.45) is 5.10 Å². The molecule has 0 fully saturated rings. The molecule has 6 nitrogen and oxygen atoms in total. The average molecular weight is 388 g/mol. The fraction of sp³-hybridized carbons (Fsp3) is 0.0870. The van der Waals surface area contributed by atoms with Crippen LogP contribution in [0.15, 0.2) is 84.0 Å². The summed E-state index contributed by atoms with van der Waals surface area (Å²) in [6.45, 7) is 1.91. The maximum absolute atomic E-state index is 12.2. The first-order valence-electron chi connectivity index (χ1n) is 8.98. The molecule has 6 heteroatoms. The van der Waals surface area contributed by atoms with Gasteiger partial charge >= 0.3 is 5.97 Å². The Hall–Kier alpha value is -3.77. The topological polar surface area (TPSA) is 88.0 Å². The van der Waals surface area contributed by atoms with Crippen LogP contribution in [0, 0.1) is 6.92 Å². The van der Waals surface area contributed by atoms with Gasteiger partial charge in [-0.1, -0.05) is 48.0 Å². The predicted molar refractivity (Wildman–Crippen MR) is 110 cm³/mol. The van der Waals surface area contributed by atoms with E-state index in [4.69, 9.17) is 4.74 Å². The van der Waals surface area contributed by atoms with Gasteiger partial charge in [0.15, 0.2) is 6.10 Å². The van der Waals surface area contributed by atoms with Crippen LogP contribution in [0.1, 0.15) is 33.2 Å². The van der Waals surface area contributed by atoms with Gasteiger partial charge in [0.05, 0.1) is 11.8 Å². The molecular formula is C23H20N2O4. The molecule has 0 spiro atoms. The summed E-state index contributed by atoms with van der Waals surface area (Å²) in [5.41, 5.74) is 4.93. The number of hydrazone groups is 1. The zero-order chi connectivity index (χ0) is 20.6. The molecule has 3 aromatic carbocycles. The SMILES string of the molecule is Cc1cccc(C(=O)Oc2ccc(/C=N/NC(=O)C(O)c3ccccc3)cc2)c1. The molecule has 146 valence electrons. The number of ether oxygens (including phenoxy) is 1. The van der Waals surface area contributed by atoms with Crippen molar-refractivity contribution in [1.82, 2.24) is 5.43 Å². The highest BCUT2D eigenvalue weighted by Gasteiger charge is 2.15. The monoisotopic (exact) mass is 388 g/mol. The van der Waals surface area contributed by atoms with E-state index in [-0.39, 0.29) is 0 Å². The molecule has 0 bridgehead atoms. The Morgan fingerprint density at radius 1 is 1.00 bits per heavy atom. The number of benzene rings is 3. The number of hydrogen-bond acceptors (Lipinski definition) is 5. The fourth-order valence-corrected chi connectivity index (χ4v) is 2.58. The van der Waals surface area contributed by atoms with Crippen LogP contribution in [0.4, 0.5) is 0 Å². The summed E-state index contributed by atoms with van der Waals surface area (Å²) < 4.78 is 5.35. The number of aliphatic hydroxyl groups is 1. The van der Waals surface area contributed by atoms with Gasteiger partial charge in [-0.15, -0.1) is 0 Å². The third-order valence-electron chi connectivity index (χ3n) is 4.10. The molecule has 0 aliphatic rings. The first-order valence-corrected chi connectivity index (χ1v) is 8.98. The predicted octanol–water partition coefficient (Wildman–Crippen LogP) is 3.40. The minimum Gasteiger partial charge on any atom is -0.423 e. The first-order chi connectivity index (χ1) is 14.0. The van der Waals surface area contributed by atoms with Crippen molar-refractivity contribution in [3.05, 3.63) is 101 Å². The summed E-state index contributed by atoms with van der Waals surface area (Å²) in [6.07, 6.45) is 0.138. The minimum absolute atomic E-state index is 0.400.